The quantitative estimate of drug-likeness (QED) is 0.567. The van der Waals surface area contributed by atoms with Crippen LogP contribution in [-0.4, -0.2) is 24.8 Å². The van der Waals surface area contributed by atoms with Gasteiger partial charge in [0.25, 0.3) is 0 Å². The fourth-order valence-corrected chi connectivity index (χ4v) is 1.46. The average molecular weight is 202 g/mol. The van der Waals surface area contributed by atoms with Crippen molar-refractivity contribution in [1.29, 1.82) is 0 Å². The van der Waals surface area contributed by atoms with Crippen molar-refractivity contribution in [3.8, 4) is 0 Å². The van der Waals surface area contributed by atoms with E-state index in [0.29, 0.717) is 19.6 Å². The van der Waals surface area contributed by atoms with E-state index in [0.717, 1.165) is 12.8 Å². The number of carbonyl (C=O) groups excluding carboxylic acids is 1. The first kappa shape index (κ1) is 13.6. The molecule has 0 aliphatic rings. The third-order valence-electron chi connectivity index (χ3n) is 2.06. The summed E-state index contributed by atoms with van der Waals surface area (Å²) in [6.07, 6.45) is 2.20. The summed E-state index contributed by atoms with van der Waals surface area (Å²) in [6, 6.07) is 0. The fraction of sp³-hybridized carbons (Fsp3) is 0.909. The summed E-state index contributed by atoms with van der Waals surface area (Å²) in [5.74, 6) is -0.292. The number of ketones is 1. The highest BCUT2D eigenvalue weighted by atomic mass is 16.7. The van der Waals surface area contributed by atoms with E-state index in [1.54, 1.807) is 6.92 Å². The molecule has 0 saturated heterocycles. The molecule has 0 amide bonds. The second-order valence-corrected chi connectivity index (χ2v) is 3.56. The van der Waals surface area contributed by atoms with Gasteiger partial charge in [-0.2, -0.15) is 0 Å². The number of hydrogen-bond acceptors (Lipinski definition) is 3. The summed E-state index contributed by atoms with van der Waals surface area (Å²) >= 11 is 0. The molecule has 0 spiro atoms. The lowest BCUT2D eigenvalue weighted by molar-refractivity contribution is -0.224. The number of hydrogen-bond donors (Lipinski definition) is 0. The van der Waals surface area contributed by atoms with Gasteiger partial charge in [-0.15, -0.1) is 0 Å². The maximum absolute atomic E-state index is 10.8. The van der Waals surface area contributed by atoms with Gasteiger partial charge in [0.05, 0.1) is 0 Å². The molecular weight excluding hydrogens is 180 g/mol. The SMILES string of the molecule is CCOC(C)(CCCC(C)=O)OCC. The van der Waals surface area contributed by atoms with Crippen LogP contribution in [0.2, 0.25) is 0 Å². The lowest BCUT2D eigenvalue weighted by atomic mass is 10.1. The predicted octanol–water partition coefficient (Wildman–Crippen LogP) is 2.53. The fourth-order valence-electron chi connectivity index (χ4n) is 1.46. The molecular formula is C11H22O3. The first-order chi connectivity index (χ1) is 6.54. The van der Waals surface area contributed by atoms with Crippen LogP contribution in [0.3, 0.4) is 0 Å². The Morgan fingerprint density at radius 1 is 1.21 bits per heavy atom. The van der Waals surface area contributed by atoms with E-state index in [-0.39, 0.29) is 5.78 Å². The Labute approximate surface area is 86.8 Å². The van der Waals surface area contributed by atoms with Gasteiger partial charge < -0.3 is 14.3 Å². The van der Waals surface area contributed by atoms with Crippen molar-refractivity contribution in [2.45, 2.75) is 52.7 Å². The molecule has 0 fully saturated rings. The Bertz CT molecular complexity index is 160. The van der Waals surface area contributed by atoms with Crippen LogP contribution >= 0.6 is 0 Å². The van der Waals surface area contributed by atoms with Crippen LogP contribution in [0.25, 0.3) is 0 Å². The molecule has 0 aromatic rings. The zero-order valence-corrected chi connectivity index (χ0v) is 9.76. The zero-order chi connectivity index (χ0) is 11.0. The summed E-state index contributed by atoms with van der Waals surface area (Å²) in [4.78, 5) is 10.8. The van der Waals surface area contributed by atoms with Crippen LogP contribution in [0.4, 0.5) is 0 Å². The Kier molecular flexibility index (Phi) is 6.75. The molecule has 0 bridgehead atoms. The molecule has 84 valence electrons. The third kappa shape index (κ3) is 6.11. The number of rotatable bonds is 8. The Morgan fingerprint density at radius 3 is 2.07 bits per heavy atom. The minimum Gasteiger partial charge on any atom is -0.351 e. The first-order valence-corrected chi connectivity index (χ1v) is 5.31. The van der Waals surface area contributed by atoms with Gasteiger partial charge in [-0.25, -0.2) is 0 Å². The van der Waals surface area contributed by atoms with Gasteiger partial charge in [-0.3, -0.25) is 0 Å². The minimum absolute atomic E-state index is 0.223. The van der Waals surface area contributed by atoms with Crippen molar-refractivity contribution >= 4 is 5.78 Å². The summed E-state index contributed by atoms with van der Waals surface area (Å²) in [6.45, 7) is 8.70. The minimum atomic E-state index is -0.515. The lowest BCUT2D eigenvalue weighted by Gasteiger charge is -2.29. The van der Waals surface area contributed by atoms with Crippen molar-refractivity contribution in [3.63, 3.8) is 0 Å². The van der Waals surface area contributed by atoms with Gasteiger partial charge in [0.15, 0.2) is 5.79 Å². The second-order valence-electron chi connectivity index (χ2n) is 3.56. The van der Waals surface area contributed by atoms with E-state index in [1.165, 1.54) is 0 Å². The van der Waals surface area contributed by atoms with Gasteiger partial charge >= 0.3 is 0 Å². The summed E-state index contributed by atoms with van der Waals surface area (Å²) in [7, 11) is 0. The van der Waals surface area contributed by atoms with Gasteiger partial charge in [0, 0.05) is 26.1 Å². The standard InChI is InChI=1S/C11H22O3/c1-5-13-11(4,14-6-2)9-7-8-10(3)12/h5-9H2,1-4H3. The van der Waals surface area contributed by atoms with Crippen LogP contribution in [0.15, 0.2) is 0 Å². The normalized spacial score (nSPS) is 11.7. The van der Waals surface area contributed by atoms with Crippen LogP contribution in [0, 0.1) is 0 Å². The maximum Gasteiger partial charge on any atom is 0.165 e. The number of ether oxygens (including phenoxy) is 2. The van der Waals surface area contributed by atoms with E-state index in [1.807, 2.05) is 20.8 Å². The van der Waals surface area contributed by atoms with Crippen LogP contribution in [-0.2, 0) is 14.3 Å². The van der Waals surface area contributed by atoms with Crippen molar-refractivity contribution in [3.05, 3.63) is 0 Å². The molecule has 0 aliphatic heterocycles. The molecule has 0 atom stereocenters. The molecule has 14 heavy (non-hydrogen) atoms. The van der Waals surface area contributed by atoms with Gasteiger partial charge in [-0.05, 0) is 34.1 Å². The second kappa shape index (κ2) is 6.96. The van der Waals surface area contributed by atoms with Gasteiger partial charge in [-0.1, -0.05) is 0 Å². The van der Waals surface area contributed by atoms with E-state index in [9.17, 15) is 4.79 Å². The summed E-state index contributed by atoms with van der Waals surface area (Å²) < 4.78 is 11.0. The Morgan fingerprint density at radius 2 is 1.71 bits per heavy atom. The Hall–Kier alpha value is -0.410. The monoisotopic (exact) mass is 202 g/mol. The molecule has 0 saturated carbocycles. The highest BCUT2D eigenvalue weighted by molar-refractivity contribution is 5.75. The van der Waals surface area contributed by atoms with Crippen LogP contribution in [0.1, 0.15) is 47.0 Å². The van der Waals surface area contributed by atoms with Gasteiger partial charge in [0.2, 0.25) is 0 Å². The largest absolute Gasteiger partial charge is 0.351 e. The summed E-state index contributed by atoms with van der Waals surface area (Å²) in [5, 5.41) is 0. The van der Waals surface area contributed by atoms with Crippen molar-refractivity contribution in [2.24, 2.45) is 0 Å². The molecule has 0 aromatic heterocycles. The molecule has 0 aromatic carbocycles. The van der Waals surface area contributed by atoms with E-state index < -0.39 is 5.79 Å². The summed E-state index contributed by atoms with van der Waals surface area (Å²) in [5.41, 5.74) is 0. The topological polar surface area (TPSA) is 35.5 Å². The van der Waals surface area contributed by atoms with Gasteiger partial charge in [0.1, 0.15) is 5.78 Å². The predicted molar refractivity (Wildman–Crippen MR) is 56.2 cm³/mol. The molecule has 0 rings (SSSR count). The third-order valence-corrected chi connectivity index (χ3v) is 2.06. The van der Waals surface area contributed by atoms with Crippen molar-refractivity contribution in [2.75, 3.05) is 13.2 Å². The lowest BCUT2D eigenvalue weighted by Crippen LogP contribution is -2.32. The molecule has 0 aliphatic carbocycles. The zero-order valence-electron chi connectivity index (χ0n) is 9.76. The Balaban J connectivity index is 3.88. The molecule has 3 nitrogen and oxygen atoms in total. The van der Waals surface area contributed by atoms with E-state index in [2.05, 4.69) is 0 Å². The number of carbonyl (C=O) groups is 1. The van der Waals surface area contributed by atoms with Crippen molar-refractivity contribution in [1.82, 2.24) is 0 Å². The molecule has 0 heterocycles. The molecule has 0 N–H and O–H groups in total. The smallest absolute Gasteiger partial charge is 0.165 e. The first-order valence-electron chi connectivity index (χ1n) is 5.31. The average Bonchev–Trinajstić information content (AvgIpc) is 2.03. The van der Waals surface area contributed by atoms with E-state index in [4.69, 9.17) is 9.47 Å². The van der Waals surface area contributed by atoms with Crippen LogP contribution < -0.4 is 0 Å². The molecule has 0 unspecified atom stereocenters. The van der Waals surface area contributed by atoms with Crippen LogP contribution in [0.5, 0.6) is 0 Å². The van der Waals surface area contributed by atoms with E-state index >= 15 is 0 Å². The molecule has 0 radical (unpaired) electrons. The highest BCUT2D eigenvalue weighted by Gasteiger charge is 2.24. The number of Topliss-reactive ketones (excluding diaryl/α,β-unsaturated/α-hetero) is 1. The highest BCUT2D eigenvalue weighted by Crippen LogP contribution is 2.20. The molecule has 3 heteroatoms. The maximum atomic E-state index is 10.8. The van der Waals surface area contributed by atoms with Crippen molar-refractivity contribution < 1.29 is 14.3 Å².